The van der Waals surface area contributed by atoms with E-state index in [-0.39, 0.29) is 123 Å². The molecule has 4 fully saturated rings. The summed E-state index contributed by atoms with van der Waals surface area (Å²) in [5.74, 6) is 2.85. The molecular formula is C62H88N20O15S. The molecule has 35 nitrogen and oxygen atoms in total. The Morgan fingerprint density at radius 3 is 1.26 bits per heavy atom. The lowest BCUT2D eigenvalue weighted by Crippen LogP contribution is -2.31. The average Bonchev–Trinajstić information content (AvgIpc) is 1.61. The van der Waals surface area contributed by atoms with Crippen LogP contribution in [0.2, 0.25) is 0 Å². The average molecular weight is 1390 g/mol. The second kappa shape index (κ2) is 30.5. The van der Waals surface area contributed by atoms with Gasteiger partial charge in [-0.2, -0.15) is 31.7 Å². The maximum absolute atomic E-state index is 13.1. The van der Waals surface area contributed by atoms with E-state index in [4.69, 9.17) is 48.3 Å². The van der Waals surface area contributed by atoms with E-state index in [0.29, 0.717) is 74.8 Å². The van der Waals surface area contributed by atoms with Crippen LogP contribution >= 0.6 is 11.8 Å². The van der Waals surface area contributed by atoms with Crippen molar-refractivity contribution in [3.8, 4) is 12.3 Å². The van der Waals surface area contributed by atoms with Gasteiger partial charge >= 0.3 is 22.8 Å². The molecule has 0 saturated carbocycles. The molecule has 98 heavy (non-hydrogen) atoms. The molecule has 12 rings (SSSR count). The van der Waals surface area contributed by atoms with Crippen LogP contribution in [0, 0.1) is 36.0 Å². The van der Waals surface area contributed by atoms with Crippen molar-refractivity contribution in [1.29, 1.82) is 0 Å². The van der Waals surface area contributed by atoms with Gasteiger partial charge in [-0.15, -0.1) is 6.42 Å². The zero-order valence-corrected chi connectivity index (χ0v) is 56.9. The highest BCUT2D eigenvalue weighted by Crippen LogP contribution is 2.40. The number of thioether (sulfide) groups is 1. The third kappa shape index (κ3) is 13.9. The number of ether oxygens (including phenoxy) is 4. The summed E-state index contributed by atoms with van der Waals surface area (Å²) in [4.78, 5) is 116. The zero-order valence-electron chi connectivity index (χ0n) is 56.1. The highest BCUT2D eigenvalue weighted by atomic mass is 32.2. The number of hydrogen-bond donors (Lipinski definition) is 11. The van der Waals surface area contributed by atoms with Gasteiger partial charge < -0.3 is 62.3 Å². The van der Waals surface area contributed by atoms with Crippen molar-refractivity contribution in [2.45, 2.75) is 194 Å². The molecule has 12 heterocycles. The van der Waals surface area contributed by atoms with Gasteiger partial charge in [0.15, 0.2) is 39.1 Å². The molecule has 0 radical (unpaired) electrons. The highest BCUT2D eigenvalue weighted by molar-refractivity contribution is 7.98. The standard InChI is InChI=1S/C16H25N5O4S.C16H21N5O4.C15H21N5O4.C15H21N5O3/c1-4-9(22)10-7-8(2)14(25-10)21-12-11(13(23)19-15(17)18-12)20(16(21)24)5-6-26-3;1-4-6-20-11-12(18-15(17)19-13(11)23)21(16(20)24)14-8(3)7-10(25-14)9(22)5-2;1-4-8(21)9-6-7(3)13(24-9)20-11-10(19(5-2)15(20)23)12(22)18-14(16)17-11;1-4-10(21)11-6-8(3)13(23-11)20-12-9(7-17-14(16)18-12)19(5-2)15(20)22/h8-10,14,22H,4-7H2,1-3H3,(H3,17,18,19,23);1,8-10,14,22H,5-7H2,2-3H3,(H3,17,18,19,23);5,7-9,13,21H,2,4,6H2,1,3H3,(H3,16,17,18,22);5,7-8,10-11,13,21H,2,4,6H2,1,3H3,(H2,16,17,18)/t2*8-,9+,10+,14-;7-,8+,9+,13-;8-,10+,11+,13-/m1111/s1. The summed E-state index contributed by atoms with van der Waals surface area (Å²) in [5.41, 5.74) is 21.3. The molecule has 8 aromatic heterocycles. The molecule has 532 valence electrons. The van der Waals surface area contributed by atoms with Gasteiger partial charge in [-0.05, 0) is 57.6 Å². The second-order valence-corrected chi connectivity index (χ2v) is 26.0. The lowest BCUT2D eigenvalue weighted by atomic mass is 10.0. The lowest BCUT2D eigenvalue weighted by Gasteiger charge is -2.19. The Kier molecular flexibility index (Phi) is 22.8. The van der Waals surface area contributed by atoms with Gasteiger partial charge in [0.1, 0.15) is 30.4 Å². The third-order valence-electron chi connectivity index (χ3n) is 18.3. The van der Waals surface area contributed by atoms with E-state index in [1.165, 1.54) is 50.6 Å². The molecule has 4 aliphatic rings. The van der Waals surface area contributed by atoms with Crippen LogP contribution in [0.25, 0.3) is 57.1 Å². The predicted octanol–water partition coefficient (Wildman–Crippen LogP) is 1.56. The predicted molar refractivity (Wildman–Crippen MR) is 369 cm³/mol. The molecular weight excluding hydrogens is 1300 g/mol. The van der Waals surface area contributed by atoms with Gasteiger partial charge in [0.05, 0.1) is 61.6 Å². The number of hydrogen-bond acceptors (Lipinski definition) is 25. The summed E-state index contributed by atoms with van der Waals surface area (Å²) in [5, 5.41) is 40.3. The van der Waals surface area contributed by atoms with E-state index in [0.717, 1.165) is 4.57 Å². The number of nitrogens with zero attached hydrogens (tertiary/aromatic N) is 13. The fourth-order valence-electron chi connectivity index (χ4n) is 13.2. The number of terminal acetylenes is 1. The molecule has 0 amide bonds. The lowest BCUT2D eigenvalue weighted by molar-refractivity contribution is -0.0650. The van der Waals surface area contributed by atoms with E-state index >= 15 is 0 Å². The van der Waals surface area contributed by atoms with E-state index in [2.05, 4.69) is 59.0 Å². The molecule has 0 bridgehead atoms. The number of fused-ring (bicyclic) bond motifs is 4. The number of nitrogens with one attached hydrogen (secondary N) is 3. The Morgan fingerprint density at radius 2 is 0.888 bits per heavy atom. The van der Waals surface area contributed by atoms with Crippen LogP contribution in [0.1, 0.15) is 132 Å². The van der Waals surface area contributed by atoms with E-state index in [9.17, 15) is 54.0 Å². The quantitative estimate of drug-likeness (QED) is 0.0543. The van der Waals surface area contributed by atoms with Gasteiger partial charge in [-0.25, -0.2) is 42.4 Å². The van der Waals surface area contributed by atoms with Crippen molar-refractivity contribution in [3.05, 3.63) is 92.4 Å². The Morgan fingerprint density at radius 1 is 0.551 bits per heavy atom. The number of nitrogen functional groups attached to an aromatic ring is 4. The first-order valence-corrected chi connectivity index (χ1v) is 33.8. The molecule has 8 aromatic rings. The summed E-state index contributed by atoms with van der Waals surface area (Å²) < 4.78 is 34.4. The summed E-state index contributed by atoms with van der Waals surface area (Å²) in [6.45, 7) is 22.9. The van der Waals surface area contributed by atoms with Gasteiger partial charge in [0.25, 0.3) is 16.7 Å². The fraction of sp³-hybridized carbons (Fsp3) is 0.581. The van der Waals surface area contributed by atoms with Crippen molar-refractivity contribution in [2.75, 3.05) is 34.9 Å². The van der Waals surface area contributed by atoms with Crippen LogP contribution in [-0.2, 0) is 32.0 Å². The Balaban J connectivity index is 0.000000153. The molecule has 4 saturated heterocycles. The first-order valence-electron chi connectivity index (χ1n) is 32.4. The Hall–Kier alpha value is -8.93. The first-order chi connectivity index (χ1) is 46.6. The number of H-pyrrole nitrogens is 3. The number of anilines is 4. The van der Waals surface area contributed by atoms with E-state index in [1.54, 1.807) is 11.8 Å². The minimum atomic E-state index is -0.658. The summed E-state index contributed by atoms with van der Waals surface area (Å²) in [6.07, 6.45) is 10.0. The summed E-state index contributed by atoms with van der Waals surface area (Å²) in [6, 6.07) is 0. The van der Waals surface area contributed by atoms with Gasteiger partial charge in [-0.3, -0.25) is 47.6 Å². The van der Waals surface area contributed by atoms with Crippen LogP contribution in [-0.4, -0.2) is 158 Å². The van der Waals surface area contributed by atoms with Crippen LogP contribution in [0.3, 0.4) is 0 Å². The molecule has 0 spiro atoms. The van der Waals surface area contributed by atoms with Crippen LogP contribution in [0.4, 0.5) is 23.8 Å². The Bertz CT molecular complexity index is 4720. The molecule has 0 unspecified atom stereocenters. The maximum atomic E-state index is 13.1. The number of aliphatic hydroxyl groups excluding tert-OH is 4. The number of aromatic nitrogens is 16. The number of rotatable bonds is 18. The molecule has 4 aliphatic heterocycles. The third-order valence-corrected chi connectivity index (χ3v) is 18.9. The van der Waals surface area contributed by atoms with E-state index in [1.807, 2.05) is 61.6 Å². The molecule has 16 atom stereocenters. The summed E-state index contributed by atoms with van der Waals surface area (Å²) >= 11 is 1.58. The Labute approximate surface area is 563 Å². The topological polar surface area (TPSA) is 493 Å². The monoisotopic (exact) mass is 1380 g/mol. The van der Waals surface area contributed by atoms with E-state index < -0.39 is 77.4 Å². The van der Waals surface area contributed by atoms with Crippen LogP contribution < -0.4 is 62.4 Å². The van der Waals surface area contributed by atoms with Gasteiger partial charge in [0.2, 0.25) is 23.8 Å². The second-order valence-electron chi connectivity index (χ2n) is 25.0. The van der Waals surface area contributed by atoms with Crippen molar-refractivity contribution in [2.24, 2.45) is 23.7 Å². The number of nitrogens with two attached hydrogens (primary N) is 4. The molecule has 0 aromatic carbocycles. The minimum Gasteiger partial charge on any atom is -0.390 e. The van der Waals surface area contributed by atoms with Gasteiger partial charge in [0, 0.05) is 48.4 Å². The normalized spacial score (nSPS) is 24.9. The van der Waals surface area contributed by atoms with Crippen molar-refractivity contribution in [1.82, 2.24) is 76.4 Å². The minimum absolute atomic E-state index is 0.0131. The molecule has 15 N–H and O–H groups in total. The van der Waals surface area contributed by atoms with Gasteiger partial charge in [-0.1, -0.05) is 74.5 Å². The van der Waals surface area contributed by atoms with Crippen LogP contribution in [0.5, 0.6) is 0 Å². The SMILES string of the molecule is C#CCn1c(=O)n([C@@H]2O[C@H]([C@@H](O)CC)C[C@H]2C)c2nc(N)[nH]c(=O)c21.C=Cn1c(=O)n([C@@H]2O[C@H]([C@@H](O)CC)C[C@H]2C)c2nc(N)[nH]c(=O)c21.C=Cn1c(=O)n([C@@H]2O[C@H]([C@@H](O)CC)C[C@H]2C)c2nc(N)ncc21.CC[C@H](O)[C@@H]1C[C@@H](C)[C@H](n2c(=O)n(CCSC)c3c(=O)[nH]c(N)nc32)O1. The zero-order chi connectivity index (χ0) is 71.6. The first kappa shape index (κ1) is 73.3. The molecule has 0 aliphatic carbocycles. The maximum Gasteiger partial charge on any atom is 0.336 e. The fourth-order valence-corrected chi connectivity index (χ4v) is 13.6. The number of imidazole rings is 4. The highest BCUT2D eigenvalue weighted by Gasteiger charge is 2.43. The van der Waals surface area contributed by atoms with Crippen molar-refractivity contribution in [3.63, 3.8) is 0 Å². The molecule has 36 heteroatoms. The van der Waals surface area contributed by atoms with Crippen molar-refractivity contribution >= 4 is 92.6 Å². The number of aromatic amines is 3. The summed E-state index contributed by atoms with van der Waals surface area (Å²) in [7, 11) is 0. The smallest absolute Gasteiger partial charge is 0.336 e. The largest absolute Gasteiger partial charge is 0.390 e. The van der Waals surface area contributed by atoms with Crippen molar-refractivity contribution < 1.29 is 39.4 Å². The number of aliphatic hydroxyl groups is 4. The van der Waals surface area contributed by atoms with Crippen LogP contribution in [0.15, 0.2) is 52.9 Å². The number of aryl methyl sites for hydroxylation is 1.